The van der Waals surface area contributed by atoms with E-state index in [9.17, 15) is 9.59 Å². The summed E-state index contributed by atoms with van der Waals surface area (Å²) in [4.78, 5) is 26.3. The molecule has 2 rings (SSSR count). The van der Waals surface area contributed by atoms with Crippen molar-refractivity contribution in [3.63, 3.8) is 0 Å². The van der Waals surface area contributed by atoms with Crippen LogP contribution in [0, 0.1) is 0 Å². The lowest BCUT2D eigenvalue weighted by atomic mass is 10.2. The lowest BCUT2D eigenvalue weighted by molar-refractivity contribution is 0.0692. The molecule has 0 saturated carbocycles. The molecule has 0 aliphatic rings. The summed E-state index contributed by atoms with van der Waals surface area (Å²) >= 11 is 5.63. The average molecular weight is 268 g/mol. The Kier molecular flexibility index (Phi) is 3.24. The smallest absolute Gasteiger partial charge is 0.341 e. The topological polar surface area (TPSA) is 105 Å². The van der Waals surface area contributed by atoms with Crippen LogP contribution in [0.15, 0.2) is 29.1 Å². The molecule has 0 spiro atoms. The zero-order chi connectivity index (χ0) is 13.1. The molecule has 8 heteroatoms. The van der Waals surface area contributed by atoms with Crippen LogP contribution in [0.3, 0.4) is 0 Å². The van der Waals surface area contributed by atoms with Gasteiger partial charge in [-0.25, -0.2) is 9.78 Å². The normalized spacial score (nSPS) is 10.1. The van der Waals surface area contributed by atoms with E-state index in [4.69, 9.17) is 16.7 Å². The van der Waals surface area contributed by atoms with Gasteiger partial charge in [-0.05, 0) is 12.1 Å². The molecule has 2 aromatic heterocycles. The van der Waals surface area contributed by atoms with Crippen LogP contribution in [0.25, 0.3) is 0 Å². The molecule has 0 aromatic carbocycles. The van der Waals surface area contributed by atoms with Gasteiger partial charge >= 0.3 is 5.97 Å². The molecule has 2 heterocycles. The van der Waals surface area contributed by atoms with Crippen LogP contribution in [0.5, 0.6) is 0 Å². The fourth-order valence-electron chi connectivity index (χ4n) is 1.18. The van der Waals surface area contributed by atoms with E-state index in [2.05, 4.69) is 20.0 Å². The van der Waals surface area contributed by atoms with Gasteiger partial charge in [-0.1, -0.05) is 16.8 Å². The Hall–Kier alpha value is -2.41. The Morgan fingerprint density at radius 3 is 2.78 bits per heavy atom. The number of nitrogens with zero attached hydrogens (tertiary/aromatic N) is 2. The van der Waals surface area contributed by atoms with E-state index in [0.29, 0.717) is 5.02 Å². The number of carboxylic acid groups (broad SMARTS) is 1. The second kappa shape index (κ2) is 4.84. The Balaban J connectivity index is 2.19. The highest BCUT2D eigenvalue weighted by Gasteiger charge is 2.21. The van der Waals surface area contributed by atoms with Crippen LogP contribution in [-0.2, 0) is 0 Å². The molecule has 0 atom stereocenters. The third kappa shape index (κ3) is 2.46. The molecular formula is C10H6ClN3O4. The first-order valence-corrected chi connectivity index (χ1v) is 5.06. The molecule has 0 radical (unpaired) electrons. The van der Waals surface area contributed by atoms with Crippen molar-refractivity contribution < 1.29 is 19.2 Å². The Morgan fingerprint density at radius 2 is 2.17 bits per heavy atom. The van der Waals surface area contributed by atoms with Crippen molar-refractivity contribution in [2.45, 2.75) is 0 Å². The molecular weight excluding hydrogens is 262 g/mol. The maximum Gasteiger partial charge on any atom is 0.341 e. The summed E-state index contributed by atoms with van der Waals surface area (Å²) < 4.78 is 4.45. The number of hydrogen-bond donors (Lipinski definition) is 2. The molecule has 2 N–H and O–H groups in total. The zero-order valence-electron chi connectivity index (χ0n) is 8.75. The number of aromatic nitrogens is 2. The number of nitrogens with one attached hydrogen (secondary N) is 1. The van der Waals surface area contributed by atoms with Crippen LogP contribution >= 0.6 is 11.6 Å². The van der Waals surface area contributed by atoms with Crippen LogP contribution < -0.4 is 5.32 Å². The van der Waals surface area contributed by atoms with Gasteiger partial charge in [0.1, 0.15) is 17.6 Å². The second-order valence-electron chi connectivity index (χ2n) is 3.20. The minimum atomic E-state index is -1.30. The maximum absolute atomic E-state index is 11.7. The monoisotopic (exact) mass is 267 g/mol. The second-order valence-corrected chi connectivity index (χ2v) is 3.63. The lowest BCUT2D eigenvalue weighted by Gasteiger charge is -2.01. The fraction of sp³-hybridized carbons (Fsp3) is 0. The maximum atomic E-state index is 11.7. The number of aromatic carboxylic acids is 1. The number of carbonyl (C=O) groups is 2. The van der Waals surface area contributed by atoms with Gasteiger partial charge in [0.15, 0.2) is 5.69 Å². The van der Waals surface area contributed by atoms with Crippen LogP contribution in [0.1, 0.15) is 20.8 Å². The lowest BCUT2D eigenvalue weighted by Crippen LogP contribution is -2.16. The summed E-state index contributed by atoms with van der Waals surface area (Å²) in [6, 6.07) is 3.01. The highest BCUT2D eigenvalue weighted by Crippen LogP contribution is 2.12. The van der Waals surface area contributed by atoms with E-state index < -0.39 is 11.9 Å². The van der Waals surface area contributed by atoms with Crippen LogP contribution in [0.4, 0.5) is 5.82 Å². The van der Waals surface area contributed by atoms with E-state index in [1.165, 1.54) is 18.3 Å². The number of halogens is 1. The first-order chi connectivity index (χ1) is 8.58. The number of amides is 1. The molecule has 0 fully saturated rings. The molecule has 1 amide bonds. The highest BCUT2D eigenvalue weighted by molar-refractivity contribution is 6.30. The fourth-order valence-corrected chi connectivity index (χ4v) is 1.29. The molecule has 0 aliphatic carbocycles. The van der Waals surface area contributed by atoms with E-state index in [1.54, 1.807) is 0 Å². The van der Waals surface area contributed by atoms with E-state index >= 15 is 0 Å². The van der Waals surface area contributed by atoms with Crippen molar-refractivity contribution in [2.24, 2.45) is 0 Å². The van der Waals surface area contributed by atoms with Crippen molar-refractivity contribution in [1.29, 1.82) is 0 Å². The zero-order valence-corrected chi connectivity index (χ0v) is 9.51. The van der Waals surface area contributed by atoms with Gasteiger partial charge in [-0.3, -0.25) is 4.79 Å². The summed E-state index contributed by atoms with van der Waals surface area (Å²) in [5.74, 6) is -1.80. The Labute approximate surface area is 105 Å². The minimum Gasteiger partial charge on any atom is -0.477 e. The molecule has 7 nitrogen and oxygen atoms in total. The van der Waals surface area contributed by atoms with Gasteiger partial charge in [0, 0.05) is 6.20 Å². The summed E-state index contributed by atoms with van der Waals surface area (Å²) in [5.41, 5.74) is -0.638. The number of carboxylic acids is 1. The van der Waals surface area contributed by atoms with Gasteiger partial charge in [-0.2, -0.15) is 0 Å². The van der Waals surface area contributed by atoms with Crippen molar-refractivity contribution >= 4 is 29.3 Å². The van der Waals surface area contributed by atoms with Crippen LogP contribution in [0.2, 0.25) is 5.02 Å². The number of carbonyl (C=O) groups excluding carboxylic acids is 1. The SMILES string of the molecule is O=C(O)c1conc1C(=O)Nc1ccc(Cl)cn1. The minimum absolute atomic E-state index is 0.226. The average Bonchev–Trinajstić information content (AvgIpc) is 2.81. The summed E-state index contributed by atoms with van der Waals surface area (Å²) in [6.45, 7) is 0. The van der Waals surface area contributed by atoms with Crippen molar-refractivity contribution in [3.8, 4) is 0 Å². The summed E-state index contributed by atoms with van der Waals surface area (Å²) in [7, 11) is 0. The van der Waals surface area contributed by atoms with Crippen molar-refractivity contribution in [2.75, 3.05) is 5.32 Å². The van der Waals surface area contributed by atoms with Gasteiger partial charge in [0.05, 0.1) is 5.02 Å². The van der Waals surface area contributed by atoms with Gasteiger partial charge in [0.2, 0.25) is 0 Å². The van der Waals surface area contributed by atoms with E-state index in [1.807, 2.05) is 0 Å². The quantitative estimate of drug-likeness (QED) is 0.876. The Bertz CT molecular complexity index is 593. The molecule has 18 heavy (non-hydrogen) atoms. The number of rotatable bonds is 3. The standard InChI is InChI=1S/C10H6ClN3O4/c11-5-1-2-7(12-3-5)13-9(15)8-6(10(16)17)4-18-14-8/h1-4H,(H,16,17)(H,12,13,15). The van der Waals surface area contributed by atoms with E-state index in [0.717, 1.165) is 6.26 Å². The van der Waals surface area contributed by atoms with Gasteiger partial charge < -0.3 is 14.9 Å². The predicted octanol–water partition coefficient (Wildman–Crippen LogP) is 1.67. The largest absolute Gasteiger partial charge is 0.477 e. The number of hydrogen-bond acceptors (Lipinski definition) is 5. The number of pyridine rings is 1. The molecule has 92 valence electrons. The molecule has 0 bridgehead atoms. The Morgan fingerprint density at radius 1 is 1.39 bits per heavy atom. The third-order valence-corrected chi connectivity index (χ3v) is 2.21. The van der Waals surface area contributed by atoms with Crippen LogP contribution in [-0.4, -0.2) is 27.1 Å². The first kappa shape index (κ1) is 12.1. The molecule has 0 unspecified atom stereocenters. The van der Waals surface area contributed by atoms with Gasteiger partial charge in [0.25, 0.3) is 5.91 Å². The molecule has 0 saturated heterocycles. The predicted molar refractivity (Wildman–Crippen MR) is 60.7 cm³/mol. The molecule has 2 aromatic rings. The van der Waals surface area contributed by atoms with Gasteiger partial charge in [-0.15, -0.1) is 0 Å². The van der Waals surface area contributed by atoms with E-state index in [-0.39, 0.29) is 17.1 Å². The highest BCUT2D eigenvalue weighted by atomic mass is 35.5. The van der Waals surface area contributed by atoms with Crippen molar-refractivity contribution in [1.82, 2.24) is 10.1 Å². The molecule has 0 aliphatic heterocycles. The summed E-state index contributed by atoms with van der Waals surface area (Å²) in [6.07, 6.45) is 2.23. The number of anilines is 1. The summed E-state index contributed by atoms with van der Waals surface area (Å²) in [5, 5.41) is 14.9. The van der Waals surface area contributed by atoms with Crippen molar-refractivity contribution in [3.05, 3.63) is 40.9 Å². The third-order valence-electron chi connectivity index (χ3n) is 1.98. The first-order valence-electron chi connectivity index (χ1n) is 4.68.